The highest BCUT2D eigenvalue weighted by Gasteiger charge is 2.48. The van der Waals surface area contributed by atoms with Crippen LogP contribution in [-0.2, 0) is 19.1 Å². The number of aromatic hydroxyl groups is 1. The van der Waals surface area contributed by atoms with Crippen molar-refractivity contribution in [1.82, 2.24) is 15.5 Å². The van der Waals surface area contributed by atoms with Crippen LogP contribution in [0.25, 0.3) is 0 Å². The average molecular weight is 519 g/mol. The number of alkyl carbamates (subject to hydrolysis) is 1. The van der Waals surface area contributed by atoms with Crippen molar-refractivity contribution >= 4 is 23.8 Å². The second-order valence-electron chi connectivity index (χ2n) is 10.9. The lowest BCUT2D eigenvalue weighted by molar-refractivity contribution is -0.144. The molecule has 0 bridgehead atoms. The maximum atomic E-state index is 14.1. The zero-order chi connectivity index (χ0) is 27.9. The van der Waals surface area contributed by atoms with Gasteiger partial charge in [-0.2, -0.15) is 0 Å². The minimum atomic E-state index is -1.16. The first kappa shape index (κ1) is 29.9. The Hall–Kier alpha value is -3.30. The first-order valence-corrected chi connectivity index (χ1v) is 12.9. The van der Waals surface area contributed by atoms with E-state index in [1.54, 1.807) is 39.0 Å². The third-order valence-electron chi connectivity index (χ3n) is 6.22. The van der Waals surface area contributed by atoms with Crippen LogP contribution in [0, 0.1) is 5.92 Å². The van der Waals surface area contributed by atoms with Gasteiger partial charge in [0.2, 0.25) is 17.7 Å². The minimum absolute atomic E-state index is 0.0631. The summed E-state index contributed by atoms with van der Waals surface area (Å²) in [6, 6.07) is 3.66. The predicted octanol–water partition coefficient (Wildman–Crippen LogP) is 3.13. The molecule has 2 rings (SSSR count). The van der Waals surface area contributed by atoms with E-state index in [1.807, 2.05) is 20.8 Å². The lowest BCUT2D eigenvalue weighted by Crippen LogP contribution is -2.54. The van der Waals surface area contributed by atoms with Crippen molar-refractivity contribution < 1.29 is 29.0 Å². The Balaban J connectivity index is 2.50. The molecule has 5 atom stereocenters. The number of para-hydroxylation sites is 1. The second kappa shape index (κ2) is 12.8. The molecule has 37 heavy (non-hydrogen) atoms. The van der Waals surface area contributed by atoms with E-state index in [2.05, 4.69) is 10.6 Å². The molecule has 1 saturated carbocycles. The lowest BCUT2D eigenvalue weighted by Gasteiger charge is -2.35. The number of nitrogens with two attached hydrogens (primary N) is 1. The molecule has 0 spiro atoms. The Bertz CT molecular complexity index is 976. The second-order valence-corrected chi connectivity index (χ2v) is 10.9. The molecule has 0 saturated heterocycles. The zero-order valence-electron chi connectivity index (χ0n) is 22.7. The summed E-state index contributed by atoms with van der Waals surface area (Å²) < 4.78 is 5.34. The highest BCUT2D eigenvalue weighted by molar-refractivity contribution is 5.93. The SMILES string of the molecule is CCCC(C)NC(=O)C(c1ccccc1O)N(C(=O)C(CCC(N)=O)NC(=O)OC(C)(C)C)C1CC1C. The van der Waals surface area contributed by atoms with Crippen LogP contribution in [0.4, 0.5) is 4.79 Å². The van der Waals surface area contributed by atoms with Crippen LogP contribution < -0.4 is 16.4 Å². The van der Waals surface area contributed by atoms with Gasteiger partial charge >= 0.3 is 6.09 Å². The molecule has 1 aromatic carbocycles. The molecule has 1 aliphatic carbocycles. The molecule has 4 amide bonds. The number of hydrogen-bond donors (Lipinski definition) is 4. The number of amides is 4. The fraction of sp³-hybridized carbons (Fsp3) is 0.630. The number of hydrogen-bond acceptors (Lipinski definition) is 6. The van der Waals surface area contributed by atoms with Crippen molar-refractivity contribution in [2.75, 3.05) is 0 Å². The van der Waals surface area contributed by atoms with Gasteiger partial charge in [0.15, 0.2) is 0 Å². The van der Waals surface area contributed by atoms with Crippen molar-refractivity contribution in [3.63, 3.8) is 0 Å². The van der Waals surface area contributed by atoms with Crippen LogP contribution in [-0.4, -0.2) is 57.5 Å². The van der Waals surface area contributed by atoms with Crippen molar-refractivity contribution in [3.8, 4) is 5.75 Å². The monoisotopic (exact) mass is 518 g/mol. The summed E-state index contributed by atoms with van der Waals surface area (Å²) in [6.07, 6.45) is 1.23. The molecule has 1 fully saturated rings. The summed E-state index contributed by atoms with van der Waals surface area (Å²) in [4.78, 5) is 53.3. The quantitative estimate of drug-likeness (QED) is 0.334. The van der Waals surface area contributed by atoms with Crippen LogP contribution in [0.2, 0.25) is 0 Å². The number of phenols is 1. The van der Waals surface area contributed by atoms with E-state index in [0.717, 1.165) is 12.8 Å². The van der Waals surface area contributed by atoms with Crippen molar-refractivity contribution in [2.45, 2.75) is 103 Å². The molecular weight excluding hydrogens is 476 g/mol. The van der Waals surface area contributed by atoms with Gasteiger partial charge in [0.05, 0.1) is 0 Å². The highest BCUT2D eigenvalue weighted by atomic mass is 16.6. The van der Waals surface area contributed by atoms with Gasteiger partial charge in [0.25, 0.3) is 0 Å². The van der Waals surface area contributed by atoms with Crippen molar-refractivity contribution in [2.24, 2.45) is 11.7 Å². The van der Waals surface area contributed by atoms with Crippen LogP contribution in [0.5, 0.6) is 5.75 Å². The van der Waals surface area contributed by atoms with Crippen LogP contribution >= 0.6 is 0 Å². The van der Waals surface area contributed by atoms with Gasteiger partial charge in [-0.3, -0.25) is 14.4 Å². The predicted molar refractivity (Wildman–Crippen MR) is 139 cm³/mol. The van der Waals surface area contributed by atoms with E-state index < -0.39 is 41.5 Å². The largest absolute Gasteiger partial charge is 0.508 e. The lowest BCUT2D eigenvalue weighted by atomic mass is 9.99. The van der Waals surface area contributed by atoms with E-state index >= 15 is 0 Å². The van der Waals surface area contributed by atoms with Crippen molar-refractivity contribution in [3.05, 3.63) is 29.8 Å². The minimum Gasteiger partial charge on any atom is -0.508 e. The van der Waals surface area contributed by atoms with Gasteiger partial charge in [-0.15, -0.1) is 0 Å². The Kier molecular flexibility index (Phi) is 10.3. The van der Waals surface area contributed by atoms with Crippen LogP contribution in [0.3, 0.4) is 0 Å². The summed E-state index contributed by atoms with van der Waals surface area (Å²) in [7, 11) is 0. The summed E-state index contributed by atoms with van der Waals surface area (Å²) in [5.41, 5.74) is 4.81. The maximum absolute atomic E-state index is 14.1. The molecule has 0 aliphatic heterocycles. The van der Waals surface area contributed by atoms with Crippen LogP contribution in [0.1, 0.15) is 85.3 Å². The summed E-state index contributed by atoms with van der Waals surface area (Å²) in [5.74, 6) is -1.62. The van der Waals surface area contributed by atoms with E-state index in [0.29, 0.717) is 6.42 Å². The molecule has 206 valence electrons. The summed E-state index contributed by atoms with van der Waals surface area (Å²) in [5, 5.41) is 16.2. The Morgan fingerprint density at radius 3 is 2.30 bits per heavy atom. The molecule has 5 unspecified atom stereocenters. The van der Waals surface area contributed by atoms with Gasteiger partial charge in [0.1, 0.15) is 23.4 Å². The molecule has 1 aliphatic rings. The Labute approximate surface area is 219 Å². The number of nitrogens with one attached hydrogen (secondary N) is 2. The normalized spacial score (nSPS) is 19.2. The van der Waals surface area contributed by atoms with E-state index in [-0.39, 0.29) is 42.2 Å². The molecule has 10 nitrogen and oxygen atoms in total. The molecule has 0 radical (unpaired) electrons. The number of benzene rings is 1. The van der Waals surface area contributed by atoms with Gasteiger partial charge in [-0.1, -0.05) is 38.5 Å². The third kappa shape index (κ3) is 8.94. The van der Waals surface area contributed by atoms with Gasteiger partial charge in [-0.25, -0.2) is 4.79 Å². The molecular formula is C27H42N4O6. The first-order valence-electron chi connectivity index (χ1n) is 12.9. The average Bonchev–Trinajstić information content (AvgIpc) is 3.49. The molecule has 0 aromatic heterocycles. The fourth-order valence-corrected chi connectivity index (χ4v) is 4.31. The Morgan fingerprint density at radius 1 is 1.16 bits per heavy atom. The first-order chi connectivity index (χ1) is 17.2. The number of carbonyl (C=O) groups is 4. The number of nitrogens with zero attached hydrogens (tertiary/aromatic N) is 1. The number of primary amides is 1. The van der Waals surface area contributed by atoms with E-state index in [1.165, 1.54) is 11.0 Å². The molecule has 1 aromatic rings. The van der Waals surface area contributed by atoms with Gasteiger partial charge in [-0.05, 0) is 58.9 Å². The van der Waals surface area contributed by atoms with Crippen molar-refractivity contribution in [1.29, 1.82) is 0 Å². The standard InChI is InChI=1S/C27H42N4O6/c1-7-10-17(3)29-24(34)23(18-11-8-9-12-21(18)32)31(20-15-16(20)2)25(35)19(13-14-22(28)33)30-26(36)37-27(4,5)6/h8-9,11-12,16-17,19-20,23,32H,7,10,13-15H2,1-6H3,(H2,28,33)(H,29,34)(H,30,36). The van der Waals surface area contributed by atoms with E-state index in [9.17, 15) is 24.3 Å². The summed E-state index contributed by atoms with van der Waals surface area (Å²) >= 11 is 0. The smallest absolute Gasteiger partial charge is 0.408 e. The van der Waals surface area contributed by atoms with E-state index in [4.69, 9.17) is 10.5 Å². The zero-order valence-corrected chi connectivity index (χ0v) is 22.7. The molecule has 5 N–H and O–H groups in total. The summed E-state index contributed by atoms with van der Waals surface area (Å²) in [6.45, 7) is 10.9. The number of ether oxygens (including phenoxy) is 1. The topological polar surface area (TPSA) is 151 Å². The third-order valence-corrected chi connectivity index (χ3v) is 6.22. The number of carbonyl (C=O) groups excluding carboxylic acids is 4. The number of phenolic OH excluding ortho intramolecular Hbond substituents is 1. The fourth-order valence-electron chi connectivity index (χ4n) is 4.31. The molecule has 0 heterocycles. The maximum Gasteiger partial charge on any atom is 0.408 e. The highest BCUT2D eigenvalue weighted by Crippen LogP contribution is 2.42. The van der Waals surface area contributed by atoms with Gasteiger partial charge < -0.3 is 31.1 Å². The number of rotatable bonds is 12. The molecule has 10 heteroatoms. The van der Waals surface area contributed by atoms with Crippen LogP contribution in [0.15, 0.2) is 24.3 Å². The Morgan fingerprint density at radius 2 is 1.78 bits per heavy atom. The van der Waals surface area contributed by atoms with Gasteiger partial charge in [0, 0.05) is 24.1 Å².